The van der Waals surface area contributed by atoms with Gasteiger partial charge in [0.15, 0.2) is 5.82 Å². The molecule has 0 saturated carbocycles. The summed E-state index contributed by atoms with van der Waals surface area (Å²) in [6, 6.07) is 5.35. The van der Waals surface area contributed by atoms with Crippen LogP contribution in [0.2, 0.25) is 0 Å². The van der Waals surface area contributed by atoms with Gasteiger partial charge in [0, 0.05) is 11.6 Å². The van der Waals surface area contributed by atoms with Crippen LogP contribution in [0, 0.1) is 5.82 Å². The lowest BCUT2D eigenvalue weighted by atomic mass is 10.0. The van der Waals surface area contributed by atoms with Gasteiger partial charge in [-0.3, -0.25) is 0 Å². The van der Waals surface area contributed by atoms with Crippen LogP contribution in [0.25, 0.3) is 0 Å². The molecular weight excluding hydrogens is 167 g/mol. The summed E-state index contributed by atoms with van der Waals surface area (Å²) in [6.45, 7) is 0.971. The molecule has 1 aromatic carbocycles. The van der Waals surface area contributed by atoms with E-state index in [1.54, 1.807) is 18.2 Å². The summed E-state index contributed by atoms with van der Waals surface area (Å²) in [7, 11) is 0. The van der Waals surface area contributed by atoms with Crippen molar-refractivity contribution < 1.29 is 4.39 Å². The van der Waals surface area contributed by atoms with Gasteiger partial charge in [-0.15, -0.1) is 0 Å². The number of benzene rings is 1. The van der Waals surface area contributed by atoms with Crippen molar-refractivity contribution in [3.63, 3.8) is 0 Å². The zero-order valence-corrected chi connectivity index (χ0v) is 7.39. The molecule has 2 rings (SSSR count). The maximum absolute atomic E-state index is 13.5. The third-order valence-electron chi connectivity index (χ3n) is 2.49. The lowest BCUT2D eigenvalue weighted by molar-refractivity contribution is 0.562. The summed E-state index contributed by atoms with van der Waals surface area (Å²) < 4.78 is 13.5. The molecule has 2 nitrogen and oxygen atoms in total. The van der Waals surface area contributed by atoms with Crippen molar-refractivity contribution in [3.05, 3.63) is 29.6 Å². The molecule has 1 heterocycles. The van der Waals surface area contributed by atoms with Crippen LogP contribution in [0.5, 0.6) is 0 Å². The summed E-state index contributed by atoms with van der Waals surface area (Å²) in [4.78, 5) is 0. The Bertz CT molecular complexity index is 306. The van der Waals surface area contributed by atoms with Gasteiger partial charge >= 0.3 is 0 Å². The average Bonchev–Trinajstić information content (AvgIpc) is 2.62. The van der Waals surface area contributed by atoms with Crippen molar-refractivity contribution >= 4 is 5.69 Å². The van der Waals surface area contributed by atoms with Gasteiger partial charge in [-0.1, -0.05) is 12.1 Å². The number of hydrogen-bond donors (Lipinski definition) is 2. The van der Waals surface area contributed by atoms with Gasteiger partial charge < -0.3 is 11.1 Å². The van der Waals surface area contributed by atoms with Gasteiger partial charge in [0.2, 0.25) is 0 Å². The topological polar surface area (TPSA) is 38.0 Å². The van der Waals surface area contributed by atoms with Gasteiger partial charge in [-0.2, -0.15) is 0 Å². The molecule has 1 saturated heterocycles. The maximum atomic E-state index is 13.5. The fraction of sp³-hybridized carbons (Fsp3) is 0.400. The minimum Gasteiger partial charge on any atom is -0.396 e. The third-order valence-corrected chi connectivity index (χ3v) is 2.49. The van der Waals surface area contributed by atoms with Crippen LogP contribution in [0.1, 0.15) is 24.4 Å². The number of nitrogens with two attached hydrogens (primary N) is 1. The third kappa shape index (κ3) is 1.52. The molecule has 70 valence electrons. The lowest BCUT2D eigenvalue weighted by Crippen LogP contribution is -2.14. The summed E-state index contributed by atoms with van der Waals surface area (Å²) in [5.41, 5.74) is 6.43. The van der Waals surface area contributed by atoms with E-state index >= 15 is 0 Å². The van der Waals surface area contributed by atoms with E-state index in [1.165, 1.54) is 0 Å². The molecule has 0 bridgehead atoms. The zero-order chi connectivity index (χ0) is 9.26. The van der Waals surface area contributed by atoms with Crippen LogP contribution in [0.3, 0.4) is 0 Å². The summed E-state index contributed by atoms with van der Waals surface area (Å²) in [6.07, 6.45) is 2.11. The van der Waals surface area contributed by atoms with Crippen LogP contribution in [-0.2, 0) is 0 Å². The molecule has 13 heavy (non-hydrogen) atoms. The molecule has 0 amide bonds. The van der Waals surface area contributed by atoms with E-state index in [-0.39, 0.29) is 17.5 Å². The number of nitrogens with one attached hydrogen (secondary N) is 1. The smallest absolute Gasteiger partial charge is 0.150 e. The Balaban J connectivity index is 2.33. The first-order valence-electron chi connectivity index (χ1n) is 4.56. The Morgan fingerprint density at radius 3 is 3.00 bits per heavy atom. The van der Waals surface area contributed by atoms with Crippen molar-refractivity contribution in [2.45, 2.75) is 18.9 Å². The van der Waals surface area contributed by atoms with E-state index in [2.05, 4.69) is 5.32 Å². The van der Waals surface area contributed by atoms with Gasteiger partial charge in [-0.25, -0.2) is 4.39 Å². The Labute approximate surface area is 76.9 Å². The van der Waals surface area contributed by atoms with Crippen molar-refractivity contribution in [1.29, 1.82) is 0 Å². The molecule has 1 fully saturated rings. The molecule has 3 heteroatoms. The second-order valence-corrected chi connectivity index (χ2v) is 3.40. The van der Waals surface area contributed by atoms with Crippen LogP contribution in [0.4, 0.5) is 10.1 Å². The molecule has 0 aromatic heterocycles. The van der Waals surface area contributed by atoms with Gasteiger partial charge in [0.1, 0.15) is 0 Å². The molecule has 0 radical (unpaired) electrons. The van der Waals surface area contributed by atoms with E-state index in [9.17, 15) is 4.39 Å². The predicted molar refractivity (Wildman–Crippen MR) is 50.8 cm³/mol. The molecule has 1 atom stereocenters. The molecule has 1 aliphatic rings. The number of hydrogen-bond acceptors (Lipinski definition) is 2. The molecular formula is C10H13FN2. The molecule has 0 spiro atoms. The lowest BCUT2D eigenvalue weighted by Gasteiger charge is -2.12. The average molecular weight is 180 g/mol. The normalized spacial score (nSPS) is 22.1. The highest BCUT2D eigenvalue weighted by Crippen LogP contribution is 2.27. The van der Waals surface area contributed by atoms with E-state index < -0.39 is 0 Å². The van der Waals surface area contributed by atoms with Crippen molar-refractivity contribution in [3.8, 4) is 0 Å². The standard InChI is InChI=1S/C10H13FN2/c11-10-7(3-1-4-8(10)12)9-5-2-6-13-9/h1,3-4,9,13H,2,5-6,12H2/t9-/m0/s1. The summed E-state index contributed by atoms with van der Waals surface area (Å²) in [5.74, 6) is -0.262. The predicted octanol–water partition coefficient (Wildman–Crippen LogP) is 1.83. The number of rotatable bonds is 1. The van der Waals surface area contributed by atoms with Crippen molar-refractivity contribution in [1.82, 2.24) is 5.32 Å². The van der Waals surface area contributed by atoms with Crippen molar-refractivity contribution in [2.75, 3.05) is 12.3 Å². The molecule has 3 N–H and O–H groups in total. The molecule has 1 aliphatic heterocycles. The SMILES string of the molecule is Nc1cccc([C@@H]2CCCN2)c1F. The Morgan fingerprint density at radius 2 is 2.31 bits per heavy atom. The zero-order valence-electron chi connectivity index (χ0n) is 7.39. The number of nitrogen functional groups attached to an aromatic ring is 1. The maximum Gasteiger partial charge on any atom is 0.150 e. The highest BCUT2D eigenvalue weighted by atomic mass is 19.1. The second-order valence-electron chi connectivity index (χ2n) is 3.40. The fourth-order valence-corrected chi connectivity index (χ4v) is 1.79. The number of anilines is 1. The van der Waals surface area contributed by atoms with Gasteiger partial charge in [0.05, 0.1) is 5.69 Å². The van der Waals surface area contributed by atoms with E-state index in [1.807, 2.05) is 0 Å². The first-order chi connectivity index (χ1) is 6.29. The largest absolute Gasteiger partial charge is 0.396 e. The highest BCUT2D eigenvalue weighted by molar-refractivity contribution is 5.44. The molecule has 0 aliphatic carbocycles. The van der Waals surface area contributed by atoms with E-state index in [0.717, 1.165) is 19.4 Å². The molecule has 1 aromatic rings. The fourth-order valence-electron chi connectivity index (χ4n) is 1.79. The van der Waals surface area contributed by atoms with E-state index in [0.29, 0.717) is 5.56 Å². The quantitative estimate of drug-likeness (QED) is 0.647. The minimum absolute atomic E-state index is 0.156. The summed E-state index contributed by atoms with van der Waals surface area (Å²) >= 11 is 0. The summed E-state index contributed by atoms with van der Waals surface area (Å²) in [5, 5.41) is 3.25. The van der Waals surface area contributed by atoms with E-state index in [4.69, 9.17) is 5.73 Å². The highest BCUT2D eigenvalue weighted by Gasteiger charge is 2.19. The monoisotopic (exact) mass is 180 g/mol. The molecule has 0 unspecified atom stereocenters. The second kappa shape index (κ2) is 3.34. The number of halogens is 1. The van der Waals surface area contributed by atoms with Crippen LogP contribution in [-0.4, -0.2) is 6.54 Å². The Kier molecular flexibility index (Phi) is 2.19. The van der Waals surface area contributed by atoms with Crippen LogP contribution >= 0.6 is 0 Å². The minimum atomic E-state index is -0.262. The van der Waals surface area contributed by atoms with Gasteiger partial charge in [-0.05, 0) is 25.5 Å². The van der Waals surface area contributed by atoms with Crippen molar-refractivity contribution in [2.24, 2.45) is 0 Å². The van der Waals surface area contributed by atoms with Gasteiger partial charge in [0.25, 0.3) is 0 Å². The Morgan fingerprint density at radius 1 is 1.46 bits per heavy atom. The van der Waals surface area contributed by atoms with Crippen LogP contribution in [0.15, 0.2) is 18.2 Å². The van der Waals surface area contributed by atoms with Crippen LogP contribution < -0.4 is 11.1 Å². The Hall–Kier alpha value is -1.09. The first kappa shape index (κ1) is 8.51. The first-order valence-corrected chi connectivity index (χ1v) is 4.56.